The summed E-state index contributed by atoms with van der Waals surface area (Å²) < 4.78 is 47.4. The minimum absolute atomic E-state index is 0.0168. The number of anilines is 1. The van der Waals surface area contributed by atoms with E-state index in [4.69, 9.17) is 4.74 Å². The van der Waals surface area contributed by atoms with Gasteiger partial charge in [-0.05, 0) is 18.5 Å². The van der Waals surface area contributed by atoms with Crippen LogP contribution in [0.3, 0.4) is 0 Å². The van der Waals surface area contributed by atoms with E-state index in [2.05, 4.69) is 20.6 Å². The molecule has 2 N–H and O–H groups in total. The molecule has 1 saturated heterocycles. The highest BCUT2D eigenvalue weighted by atomic mass is 19.4. The maximum Gasteiger partial charge on any atom is 0.410 e. The highest BCUT2D eigenvalue weighted by Crippen LogP contribution is 2.43. The Labute approximate surface area is 178 Å². The van der Waals surface area contributed by atoms with Gasteiger partial charge in [0.1, 0.15) is 5.82 Å². The zero-order valence-corrected chi connectivity index (χ0v) is 17.1. The van der Waals surface area contributed by atoms with Gasteiger partial charge in [0.25, 0.3) is 5.91 Å². The summed E-state index contributed by atoms with van der Waals surface area (Å²) in [5.74, 6) is -0.274. The van der Waals surface area contributed by atoms with Crippen molar-refractivity contribution < 1.29 is 22.7 Å². The summed E-state index contributed by atoms with van der Waals surface area (Å²) in [6.45, 7) is 4.43. The van der Waals surface area contributed by atoms with Crippen LogP contribution in [0.2, 0.25) is 0 Å². The van der Waals surface area contributed by atoms with Crippen molar-refractivity contribution in [3.05, 3.63) is 47.7 Å². The standard InChI is InChI=1S/C21H26F3N5O2/c22-21(23,24)18-13-16(15-5-2-1-3-6-15)26-19-14-17(27-29(18)19)20(30)25-7-4-8-28-9-11-31-12-10-28/h1-3,5-6,14,16,18,26H,4,7-13H2,(H,25,30). The van der Waals surface area contributed by atoms with Gasteiger partial charge in [-0.25, -0.2) is 4.68 Å². The molecule has 7 nitrogen and oxygen atoms in total. The third-order valence-electron chi connectivity index (χ3n) is 5.66. The monoisotopic (exact) mass is 437 g/mol. The number of hydrogen-bond acceptors (Lipinski definition) is 5. The van der Waals surface area contributed by atoms with Crippen LogP contribution in [-0.2, 0) is 4.74 Å². The van der Waals surface area contributed by atoms with Gasteiger partial charge in [-0.15, -0.1) is 0 Å². The van der Waals surface area contributed by atoms with Crippen LogP contribution in [0.25, 0.3) is 0 Å². The second-order valence-corrected chi connectivity index (χ2v) is 7.82. The number of aromatic nitrogens is 2. The van der Waals surface area contributed by atoms with Crippen molar-refractivity contribution in [3.8, 4) is 0 Å². The van der Waals surface area contributed by atoms with Crippen molar-refractivity contribution >= 4 is 11.7 Å². The number of hydrogen-bond donors (Lipinski definition) is 2. The SMILES string of the molecule is O=C(NCCCN1CCOCC1)c1cc2n(n1)C(C(F)(F)F)CC(c1ccccc1)N2. The van der Waals surface area contributed by atoms with E-state index in [1.54, 1.807) is 24.3 Å². The number of amides is 1. The second-order valence-electron chi connectivity index (χ2n) is 7.82. The fourth-order valence-corrected chi connectivity index (χ4v) is 4.01. The summed E-state index contributed by atoms with van der Waals surface area (Å²) in [7, 11) is 0. The summed E-state index contributed by atoms with van der Waals surface area (Å²) >= 11 is 0. The maximum absolute atomic E-state index is 13.7. The van der Waals surface area contributed by atoms with Crippen LogP contribution in [0.15, 0.2) is 36.4 Å². The molecule has 10 heteroatoms. The lowest BCUT2D eigenvalue weighted by molar-refractivity contribution is -0.173. The molecule has 0 aliphatic carbocycles. The molecule has 1 aromatic carbocycles. The topological polar surface area (TPSA) is 71.4 Å². The van der Waals surface area contributed by atoms with Gasteiger partial charge in [0, 0.05) is 32.1 Å². The first-order chi connectivity index (χ1) is 14.9. The quantitative estimate of drug-likeness (QED) is 0.680. The Kier molecular flexibility index (Phi) is 6.47. The number of halogens is 3. The number of carbonyl (C=O) groups is 1. The van der Waals surface area contributed by atoms with Crippen molar-refractivity contribution in [2.45, 2.75) is 31.1 Å². The summed E-state index contributed by atoms with van der Waals surface area (Å²) in [4.78, 5) is 14.7. The molecule has 2 aliphatic rings. The second kappa shape index (κ2) is 9.27. The minimum Gasteiger partial charge on any atom is -0.379 e. The van der Waals surface area contributed by atoms with E-state index in [1.807, 2.05) is 6.07 Å². The van der Waals surface area contributed by atoms with Gasteiger partial charge in [0.2, 0.25) is 0 Å². The molecule has 0 saturated carbocycles. The van der Waals surface area contributed by atoms with E-state index in [0.717, 1.165) is 36.3 Å². The van der Waals surface area contributed by atoms with Gasteiger partial charge in [-0.2, -0.15) is 18.3 Å². The van der Waals surface area contributed by atoms with E-state index in [-0.39, 0.29) is 17.9 Å². The predicted molar refractivity (Wildman–Crippen MR) is 109 cm³/mol. The Hall–Kier alpha value is -2.59. The third kappa shape index (κ3) is 5.19. The molecular formula is C21H26F3N5O2. The predicted octanol–water partition coefficient (Wildman–Crippen LogP) is 3.00. The van der Waals surface area contributed by atoms with Gasteiger partial charge in [-0.1, -0.05) is 30.3 Å². The fraction of sp³-hybridized carbons (Fsp3) is 0.524. The van der Waals surface area contributed by atoms with Crippen molar-refractivity contribution in [2.24, 2.45) is 0 Å². The number of nitrogens with one attached hydrogen (secondary N) is 2. The lowest BCUT2D eigenvalue weighted by Crippen LogP contribution is -2.38. The number of alkyl halides is 3. The van der Waals surface area contributed by atoms with Gasteiger partial charge >= 0.3 is 6.18 Å². The van der Waals surface area contributed by atoms with Gasteiger partial charge in [0.15, 0.2) is 11.7 Å². The van der Waals surface area contributed by atoms with Crippen LogP contribution in [0.5, 0.6) is 0 Å². The first-order valence-corrected chi connectivity index (χ1v) is 10.5. The van der Waals surface area contributed by atoms with Crippen LogP contribution in [-0.4, -0.2) is 66.2 Å². The molecule has 1 aromatic heterocycles. The van der Waals surface area contributed by atoms with E-state index in [9.17, 15) is 18.0 Å². The molecule has 31 heavy (non-hydrogen) atoms. The maximum atomic E-state index is 13.7. The molecule has 168 valence electrons. The summed E-state index contributed by atoms with van der Waals surface area (Å²) in [5.41, 5.74) is 0.746. The third-order valence-corrected chi connectivity index (χ3v) is 5.66. The van der Waals surface area contributed by atoms with E-state index in [0.29, 0.717) is 19.8 Å². The Morgan fingerprint density at radius 1 is 1.23 bits per heavy atom. The lowest BCUT2D eigenvalue weighted by Gasteiger charge is -2.33. The van der Waals surface area contributed by atoms with Crippen molar-refractivity contribution in [1.29, 1.82) is 0 Å². The van der Waals surface area contributed by atoms with Gasteiger partial charge < -0.3 is 15.4 Å². The zero-order valence-electron chi connectivity index (χ0n) is 17.1. The molecule has 1 fully saturated rings. The molecule has 0 bridgehead atoms. The Balaban J connectivity index is 1.41. The molecular weight excluding hydrogens is 411 g/mol. The normalized spacial score (nSPS) is 21.9. The number of rotatable bonds is 6. The zero-order chi connectivity index (χ0) is 21.8. The largest absolute Gasteiger partial charge is 0.410 e. The molecule has 4 rings (SSSR count). The first-order valence-electron chi connectivity index (χ1n) is 10.5. The van der Waals surface area contributed by atoms with Crippen molar-refractivity contribution in [2.75, 3.05) is 44.7 Å². The minimum atomic E-state index is -4.47. The highest BCUT2D eigenvalue weighted by Gasteiger charge is 2.46. The Bertz CT molecular complexity index is 881. The fourth-order valence-electron chi connectivity index (χ4n) is 4.01. The van der Waals surface area contributed by atoms with Crippen molar-refractivity contribution in [1.82, 2.24) is 20.0 Å². The Morgan fingerprint density at radius 2 is 1.97 bits per heavy atom. The smallest absolute Gasteiger partial charge is 0.379 e. The van der Waals surface area contributed by atoms with Crippen molar-refractivity contribution in [3.63, 3.8) is 0 Å². The molecule has 2 aliphatic heterocycles. The van der Waals surface area contributed by atoms with Crippen LogP contribution >= 0.6 is 0 Å². The average molecular weight is 437 g/mol. The summed E-state index contributed by atoms with van der Waals surface area (Å²) in [6, 6.07) is 8.07. The van der Waals surface area contributed by atoms with E-state index < -0.39 is 24.2 Å². The number of ether oxygens (including phenoxy) is 1. The van der Waals surface area contributed by atoms with Crippen LogP contribution in [0.4, 0.5) is 19.0 Å². The van der Waals surface area contributed by atoms with Gasteiger partial charge in [0.05, 0.1) is 19.3 Å². The average Bonchev–Trinajstić information content (AvgIpc) is 3.21. The van der Waals surface area contributed by atoms with Crippen LogP contribution in [0.1, 0.15) is 41.0 Å². The number of fused-ring (bicyclic) bond motifs is 1. The summed E-state index contributed by atoms with van der Waals surface area (Å²) in [5, 5.41) is 9.86. The van der Waals surface area contributed by atoms with Gasteiger partial charge in [-0.3, -0.25) is 9.69 Å². The molecule has 0 spiro atoms. The first kappa shape index (κ1) is 21.6. The number of nitrogens with zero attached hydrogens (tertiary/aromatic N) is 3. The van der Waals surface area contributed by atoms with E-state index >= 15 is 0 Å². The molecule has 3 heterocycles. The Morgan fingerprint density at radius 3 is 2.68 bits per heavy atom. The van der Waals surface area contributed by atoms with E-state index in [1.165, 1.54) is 6.07 Å². The van der Waals surface area contributed by atoms with Crippen LogP contribution < -0.4 is 10.6 Å². The number of morpholine rings is 1. The molecule has 2 unspecified atom stereocenters. The molecule has 2 aromatic rings. The molecule has 0 radical (unpaired) electrons. The highest BCUT2D eigenvalue weighted by molar-refractivity contribution is 5.93. The lowest BCUT2D eigenvalue weighted by atomic mass is 9.97. The number of benzene rings is 1. The van der Waals surface area contributed by atoms with Crippen LogP contribution in [0, 0.1) is 0 Å². The summed E-state index contributed by atoms with van der Waals surface area (Å²) in [6.07, 6.45) is -3.91. The molecule has 2 atom stereocenters. The number of carbonyl (C=O) groups excluding carboxylic acids is 1. The molecule has 1 amide bonds.